The summed E-state index contributed by atoms with van der Waals surface area (Å²) in [5.74, 6) is 0. The molecule has 1 rings (SSSR count). The van der Waals surface area contributed by atoms with E-state index in [9.17, 15) is 0 Å². The van der Waals surface area contributed by atoms with Crippen LogP contribution in [0.5, 0.6) is 0 Å². The molecule has 0 aromatic heterocycles. The zero-order chi connectivity index (χ0) is 11.0. The van der Waals surface area contributed by atoms with E-state index >= 15 is 0 Å². The van der Waals surface area contributed by atoms with Gasteiger partial charge in [-0.1, -0.05) is 32.9 Å². The van der Waals surface area contributed by atoms with Gasteiger partial charge in [0.1, 0.15) is 0 Å². The number of rotatable bonds is 3. The first-order valence-electron chi connectivity index (χ1n) is 5.13. The molecule has 0 fully saturated rings. The highest BCUT2D eigenvalue weighted by atomic mass is 14.8. The Bertz CT molecular complexity index is 257. The van der Waals surface area contributed by atoms with Crippen LogP contribution in [0.1, 0.15) is 31.9 Å². The van der Waals surface area contributed by atoms with E-state index in [4.69, 9.17) is 5.41 Å². The van der Waals surface area contributed by atoms with E-state index in [1.54, 1.807) is 0 Å². The van der Waals surface area contributed by atoms with E-state index in [1.807, 2.05) is 33.0 Å². The van der Waals surface area contributed by atoms with Gasteiger partial charge in [-0.2, -0.15) is 0 Å². The highest BCUT2D eigenvalue weighted by Crippen LogP contribution is 2.17. The molecule has 0 bridgehead atoms. The fourth-order valence-corrected chi connectivity index (χ4v) is 1.31. The van der Waals surface area contributed by atoms with Crippen molar-refractivity contribution in [3.05, 3.63) is 29.3 Å². The van der Waals surface area contributed by atoms with Crippen LogP contribution in [0.4, 0.5) is 5.69 Å². The van der Waals surface area contributed by atoms with Crippen LogP contribution in [0.15, 0.2) is 18.2 Å². The van der Waals surface area contributed by atoms with Crippen molar-refractivity contribution >= 4 is 11.9 Å². The summed E-state index contributed by atoms with van der Waals surface area (Å²) in [6.07, 6.45) is 2.38. The van der Waals surface area contributed by atoms with E-state index in [1.165, 1.54) is 11.8 Å². The molecule has 0 unspecified atom stereocenters. The molecule has 1 aromatic carbocycles. The van der Waals surface area contributed by atoms with E-state index in [0.29, 0.717) is 0 Å². The normalized spacial score (nSPS) is 8.57. The number of hydrogen-bond donors (Lipinski definition) is 2. The molecule has 0 aliphatic heterocycles. The summed E-state index contributed by atoms with van der Waals surface area (Å²) in [6.45, 7) is 6.10. The Kier molecular flexibility index (Phi) is 6.46. The van der Waals surface area contributed by atoms with Gasteiger partial charge in [0.05, 0.1) is 0 Å². The smallest absolute Gasteiger partial charge is 0.0429 e. The minimum atomic E-state index is 0.972. The highest BCUT2D eigenvalue weighted by Gasteiger charge is 2.01. The summed E-state index contributed by atoms with van der Waals surface area (Å²) in [5, 5.41) is 10.3. The maximum Gasteiger partial charge on any atom is 0.0429 e. The van der Waals surface area contributed by atoms with Crippen LogP contribution in [0.2, 0.25) is 0 Å². The molecular weight excluding hydrogens is 172 g/mol. The second kappa shape index (κ2) is 7.13. The Labute approximate surface area is 86.9 Å². The Morgan fingerprint density at radius 3 is 2.43 bits per heavy atom. The molecule has 0 atom stereocenters. The number of nitrogens with one attached hydrogen (secondary N) is 2. The lowest BCUT2D eigenvalue weighted by atomic mass is 10.0. The van der Waals surface area contributed by atoms with Crippen molar-refractivity contribution in [1.82, 2.24) is 0 Å². The van der Waals surface area contributed by atoms with Crippen molar-refractivity contribution in [2.45, 2.75) is 27.2 Å². The van der Waals surface area contributed by atoms with Gasteiger partial charge in [0.25, 0.3) is 0 Å². The first kappa shape index (κ1) is 12.7. The first-order valence-corrected chi connectivity index (χ1v) is 5.13. The van der Waals surface area contributed by atoms with E-state index in [-0.39, 0.29) is 0 Å². The fraction of sp³-hybridized carbons (Fsp3) is 0.417. The van der Waals surface area contributed by atoms with Crippen molar-refractivity contribution in [3.8, 4) is 0 Å². The number of aryl methyl sites for hydroxylation is 1. The SMILES string of the molecule is CC.CCc1cccc(NC)c1C=N. The Morgan fingerprint density at radius 1 is 1.36 bits per heavy atom. The van der Waals surface area contributed by atoms with Crippen molar-refractivity contribution in [2.24, 2.45) is 0 Å². The highest BCUT2D eigenvalue weighted by molar-refractivity contribution is 5.87. The molecule has 0 aliphatic carbocycles. The van der Waals surface area contributed by atoms with Crippen molar-refractivity contribution in [1.29, 1.82) is 5.41 Å². The fourth-order valence-electron chi connectivity index (χ4n) is 1.31. The van der Waals surface area contributed by atoms with Crippen LogP contribution in [0.3, 0.4) is 0 Å². The summed E-state index contributed by atoms with van der Waals surface area (Å²) in [7, 11) is 1.88. The molecule has 0 radical (unpaired) electrons. The zero-order valence-corrected chi connectivity index (χ0v) is 9.52. The molecule has 0 spiro atoms. The lowest BCUT2D eigenvalue weighted by molar-refractivity contribution is 1.13. The Morgan fingerprint density at radius 2 is 2.00 bits per heavy atom. The van der Waals surface area contributed by atoms with Gasteiger partial charge < -0.3 is 10.7 Å². The van der Waals surface area contributed by atoms with E-state index in [0.717, 1.165) is 17.7 Å². The third-order valence-electron chi connectivity index (χ3n) is 1.99. The summed E-state index contributed by atoms with van der Waals surface area (Å²) < 4.78 is 0. The van der Waals surface area contributed by atoms with Crippen LogP contribution in [0.25, 0.3) is 0 Å². The molecule has 0 heterocycles. The van der Waals surface area contributed by atoms with Crippen molar-refractivity contribution in [3.63, 3.8) is 0 Å². The molecule has 2 N–H and O–H groups in total. The Balaban J connectivity index is 0.000000791. The molecule has 0 saturated heterocycles. The topological polar surface area (TPSA) is 35.9 Å². The number of benzene rings is 1. The van der Waals surface area contributed by atoms with Gasteiger partial charge in [-0.15, -0.1) is 0 Å². The Hall–Kier alpha value is -1.31. The monoisotopic (exact) mass is 192 g/mol. The molecule has 2 nitrogen and oxygen atoms in total. The summed E-state index contributed by atoms with van der Waals surface area (Å²) in [6, 6.07) is 6.05. The van der Waals surface area contributed by atoms with Gasteiger partial charge in [-0.3, -0.25) is 0 Å². The first-order chi connectivity index (χ1) is 6.83. The van der Waals surface area contributed by atoms with E-state index in [2.05, 4.69) is 18.3 Å². The number of anilines is 1. The van der Waals surface area contributed by atoms with Gasteiger partial charge in [-0.25, -0.2) is 0 Å². The summed E-state index contributed by atoms with van der Waals surface area (Å²) in [4.78, 5) is 0. The third-order valence-corrected chi connectivity index (χ3v) is 1.99. The lowest BCUT2D eigenvalue weighted by Crippen LogP contribution is -1.98. The van der Waals surface area contributed by atoms with Gasteiger partial charge in [0, 0.05) is 24.5 Å². The van der Waals surface area contributed by atoms with Crippen molar-refractivity contribution < 1.29 is 0 Å². The second-order valence-corrected chi connectivity index (χ2v) is 2.63. The molecular formula is C12H20N2. The summed E-state index contributed by atoms with van der Waals surface area (Å²) in [5.41, 5.74) is 3.25. The minimum Gasteiger partial charge on any atom is -0.388 e. The molecule has 78 valence electrons. The standard InChI is InChI=1S/C10H14N2.C2H6/c1-3-8-5-4-6-10(12-2)9(8)7-11;1-2/h4-7,11-12H,3H2,1-2H3;1-2H3. The molecule has 0 aliphatic rings. The average molecular weight is 192 g/mol. The molecule has 1 aromatic rings. The van der Waals surface area contributed by atoms with Gasteiger partial charge in [0.2, 0.25) is 0 Å². The molecule has 0 amide bonds. The van der Waals surface area contributed by atoms with Crippen LogP contribution in [0, 0.1) is 5.41 Å². The largest absolute Gasteiger partial charge is 0.388 e. The maximum atomic E-state index is 7.27. The predicted molar refractivity (Wildman–Crippen MR) is 64.6 cm³/mol. The van der Waals surface area contributed by atoms with E-state index < -0.39 is 0 Å². The van der Waals surface area contributed by atoms with Crippen LogP contribution in [-0.2, 0) is 6.42 Å². The summed E-state index contributed by atoms with van der Waals surface area (Å²) >= 11 is 0. The van der Waals surface area contributed by atoms with Crippen LogP contribution in [-0.4, -0.2) is 13.3 Å². The average Bonchev–Trinajstić information content (AvgIpc) is 2.30. The van der Waals surface area contributed by atoms with Crippen LogP contribution >= 0.6 is 0 Å². The van der Waals surface area contributed by atoms with Crippen molar-refractivity contribution in [2.75, 3.05) is 12.4 Å². The van der Waals surface area contributed by atoms with Gasteiger partial charge in [0.15, 0.2) is 0 Å². The van der Waals surface area contributed by atoms with Crippen LogP contribution < -0.4 is 5.32 Å². The third kappa shape index (κ3) is 2.87. The molecule has 2 heteroatoms. The quantitative estimate of drug-likeness (QED) is 0.708. The van der Waals surface area contributed by atoms with Gasteiger partial charge in [-0.05, 0) is 18.1 Å². The predicted octanol–water partition coefficient (Wildman–Crippen LogP) is 3.31. The second-order valence-electron chi connectivity index (χ2n) is 2.63. The lowest BCUT2D eigenvalue weighted by Gasteiger charge is -2.08. The molecule has 0 saturated carbocycles. The maximum absolute atomic E-state index is 7.27. The van der Waals surface area contributed by atoms with Gasteiger partial charge >= 0.3 is 0 Å². The molecule has 14 heavy (non-hydrogen) atoms. The number of hydrogen-bond acceptors (Lipinski definition) is 2. The minimum absolute atomic E-state index is 0.972. The zero-order valence-electron chi connectivity index (χ0n) is 9.52.